The quantitative estimate of drug-likeness (QED) is 0.735. The highest BCUT2D eigenvalue weighted by atomic mass is 35.5. The topological polar surface area (TPSA) is 80.4 Å². The molecule has 1 aromatic carbocycles. The van der Waals surface area contributed by atoms with Crippen molar-refractivity contribution in [3.8, 4) is 0 Å². The zero-order chi connectivity index (χ0) is 20.7. The molecule has 5 nitrogen and oxygen atoms in total. The molecular formula is C18H15ClF4N4O. The summed E-state index contributed by atoms with van der Waals surface area (Å²) < 4.78 is 54.9. The summed E-state index contributed by atoms with van der Waals surface area (Å²) >= 11 is 5.71. The number of rotatable bonds is 3. The van der Waals surface area contributed by atoms with E-state index in [0.717, 1.165) is 12.1 Å². The van der Waals surface area contributed by atoms with Gasteiger partial charge in [-0.15, -0.1) is 0 Å². The lowest BCUT2D eigenvalue weighted by Crippen LogP contribution is -2.38. The summed E-state index contributed by atoms with van der Waals surface area (Å²) in [6.07, 6.45) is -3.87. The van der Waals surface area contributed by atoms with Gasteiger partial charge in [-0.05, 0) is 37.3 Å². The second-order valence-corrected chi connectivity index (χ2v) is 7.00. The molecule has 0 saturated heterocycles. The Morgan fingerprint density at radius 1 is 1.32 bits per heavy atom. The van der Waals surface area contributed by atoms with Crippen molar-refractivity contribution in [2.45, 2.75) is 25.1 Å². The number of nitrogens with one attached hydrogen (secondary N) is 1. The summed E-state index contributed by atoms with van der Waals surface area (Å²) in [5.41, 5.74) is 3.42. The number of carbonyl (C=O) groups is 1. The first-order chi connectivity index (χ1) is 13.0. The Morgan fingerprint density at radius 3 is 2.64 bits per heavy atom. The van der Waals surface area contributed by atoms with Crippen molar-refractivity contribution in [3.63, 3.8) is 0 Å². The normalized spacial score (nSPS) is 22.1. The van der Waals surface area contributed by atoms with Crippen LogP contribution < -0.4 is 11.1 Å². The number of amidine groups is 1. The van der Waals surface area contributed by atoms with Gasteiger partial charge in [0, 0.05) is 23.9 Å². The molecule has 0 saturated carbocycles. The fraction of sp³-hybridized carbons (Fsp3) is 0.278. The minimum absolute atomic E-state index is 0.0396. The Hall–Kier alpha value is -2.68. The summed E-state index contributed by atoms with van der Waals surface area (Å²) in [6, 6.07) is 6.18. The van der Waals surface area contributed by atoms with E-state index in [2.05, 4.69) is 15.3 Å². The SMILES string of the molecule is C[C@]1(c2cc(NC(=O)c3ccc(Cl)cn3)ccc2F)N=C(N)C[C@H]1C(F)(F)F. The highest BCUT2D eigenvalue weighted by Crippen LogP contribution is 2.49. The van der Waals surface area contributed by atoms with Gasteiger partial charge in [-0.25, -0.2) is 9.37 Å². The van der Waals surface area contributed by atoms with Crippen molar-refractivity contribution in [3.05, 3.63) is 58.6 Å². The predicted octanol–water partition coefficient (Wildman–Crippen LogP) is 4.28. The summed E-state index contributed by atoms with van der Waals surface area (Å²) in [5.74, 6) is -3.68. The number of nitrogens with two attached hydrogens (primary N) is 1. The minimum atomic E-state index is -4.63. The van der Waals surface area contributed by atoms with Crippen LogP contribution in [0.2, 0.25) is 5.02 Å². The molecule has 10 heteroatoms. The number of alkyl halides is 3. The van der Waals surface area contributed by atoms with E-state index in [1.54, 1.807) is 0 Å². The largest absolute Gasteiger partial charge is 0.394 e. The summed E-state index contributed by atoms with van der Waals surface area (Å²) in [5, 5.41) is 2.82. The van der Waals surface area contributed by atoms with Crippen LogP contribution in [0.5, 0.6) is 0 Å². The first kappa shape index (κ1) is 20.1. The molecule has 0 aliphatic carbocycles. The Kier molecular flexibility index (Phi) is 5.05. The van der Waals surface area contributed by atoms with Crippen molar-refractivity contribution in [1.82, 2.24) is 4.98 Å². The second-order valence-electron chi connectivity index (χ2n) is 6.56. The molecule has 28 heavy (non-hydrogen) atoms. The summed E-state index contributed by atoms with van der Waals surface area (Å²) in [7, 11) is 0. The van der Waals surface area contributed by atoms with E-state index in [1.807, 2.05) is 0 Å². The number of benzene rings is 1. The molecule has 0 fully saturated rings. The molecule has 0 unspecified atom stereocenters. The van der Waals surface area contributed by atoms with Gasteiger partial charge in [-0.2, -0.15) is 13.2 Å². The van der Waals surface area contributed by atoms with Crippen molar-refractivity contribution in [2.24, 2.45) is 16.6 Å². The monoisotopic (exact) mass is 414 g/mol. The van der Waals surface area contributed by atoms with Crippen LogP contribution in [0.4, 0.5) is 23.2 Å². The zero-order valence-corrected chi connectivity index (χ0v) is 15.3. The number of aliphatic imine (C=N–C) groups is 1. The van der Waals surface area contributed by atoms with Crippen LogP contribution >= 0.6 is 11.6 Å². The van der Waals surface area contributed by atoms with E-state index >= 15 is 0 Å². The van der Waals surface area contributed by atoms with Crippen molar-refractivity contribution in [2.75, 3.05) is 5.32 Å². The van der Waals surface area contributed by atoms with Crippen LogP contribution in [0.25, 0.3) is 0 Å². The van der Waals surface area contributed by atoms with Gasteiger partial charge in [-0.3, -0.25) is 9.79 Å². The van der Waals surface area contributed by atoms with Crippen LogP contribution in [0.3, 0.4) is 0 Å². The summed E-state index contributed by atoms with van der Waals surface area (Å²) in [4.78, 5) is 20.0. The van der Waals surface area contributed by atoms with Gasteiger partial charge in [0.1, 0.15) is 11.5 Å². The van der Waals surface area contributed by atoms with Gasteiger partial charge in [0.25, 0.3) is 5.91 Å². The van der Waals surface area contributed by atoms with Crippen molar-refractivity contribution >= 4 is 29.0 Å². The number of nitrogens with zero attached hydrogens (tertiary/aromatic N) is 2. The van der Waals surface area contributed by atoms with Gasteiger partial charge in [0.05, 0.1) is 22.3 Å². The third-order valence-corrected chi connectivity index (χ3v) is 4.82. The molecule has 2 atom stereocenters. The molecule has 0 radical (unpaired) electrons. The van der Waals surface area contributed by atoms with Crippen LogP contribution in [0, 0.1) is 11.7 Å². The highest BCUT2D eigenvalue weighted by molar-refractivity contribution is 6.30. The molecular weight excluding hydrogens is 400 g/mol. The van der Waals surface area contributed by atoms with E-state index < -0.39 is 35.8 Å². The van der Waals surface area contributed by atoms with Gasteiger partial charge in [0.15, 0.2) is 0 Å². The van der Waals surface area contributed by atoms with Crippen LogP contribution in [-0.4, -0.2) is 22.9 Å². The average molecular weight is 415 g/mol. The standard InChI is InChI=1S/C18H15ClF4N4O/c1-17(14(18(21,22)23)7-15(24)27-17)11-6-10(3-4-12(11)20)26-16(28)13-5-2-9(19)8-25-13/h2-6,8,14H,7H2,1H3,(H2,24,27)(H,26,28)/t14-,17-/m1/s1. The van der Waals surface area contributed by atoms with Crippen LogP contribution in [-0.2, 0) is 5.54 Å². The maximum Gasteiger partial charge on any atom is 0.394 e. The number of pyridine rings is 1. The minimum Gasteiger partial charge on any atom is -0.387 e. The maximum atomic E-state index is 14.4. The van der Waals surface area contributed by atoms with Gasteiger partial charge >= 0.3 is 6.18 Å². The number of hydrogen-bond acceptors (Lipinski definition) is 4. The Bertz CT molecular complexity index is 946. The number of carbonyl (C=O) groups excluding carboxylic acids is 1. The highest BCUT2D eigenvalue weighted by Gasteiger charge is 2.56. The summed E-state index contributed by atoms with van der Waals surface area (Å²) in [6.45, 7) is 1.18. The molecule has 1 aromatic heterocycles. The number of halogens is 5. The van der Waals surface area contributed by atoms with E-state index in [9.17, 15) is 22.4 Å². The second kappa shape index (κ2) is 7.05. The molecule has 1 amide bonds. The molecule has 1 aliphatic heterocycles. The molecule has 148 valence electrons. The van der Waals surface area contributed by atoms with Crippen molar-refractivity contribution < 1.29 is 22.4 Å². The predicted molar refractivity (Wildman–Crippen MR) is 96.7 cm³/mol. The molecule has 2 aromatic rings. The van der Waals surface area contributed by atoms with E-state index in [0.29, 0.717) is 5.02 Å². The number of anilines is 1. The van der Waals surface area contributed by atoms with Gasteiger partial charge in [0.2, 0.25) is 0 Å². The molecule has 0 spiro atoms. The fourth-order valence-corrected chi connectivity index (χ4v) is 3.32. The molecule has 2 heterocycles. The number of aromatic nitrogens is 1. The Labute approximate surface area is 162 Å². The van der Waals surface area contributed by atoms with Gasteiger partial charge in [-0.1, -0.05) is 11.6 Å². The van der Waals surface area contributed by atoms with Gasteiger partial charge < -0.3 is 11.1 Å². The smallest absolute Gasteiger partial charge is 0.387 e. The van der Waals surface area contributed by atoms with Crippen LogP contribution in [0.1, 0.15) is 29.4 Å². The lowest BCUT2D eigenvalue weighted by molar-refractivity contribution is -0.187. The molecule has 0 bridgehead atoms. The van der Waals surface area contributed by atoms with Crippen molar-refractivity contribution in [1.29, 1.82) is 0 Å². The van der Waals surface area contributed by atoms with E-state index in [4.69, 9.17) is 17.3 Å². The lowest BCUT2D eigenvalue weighted by atomic mass is 9.79. The zero-order valence-electron chi connectivity index (χ0n) is 14.5. The third kappa shape index (κ3) is 3.80. The van der Waals surface area contributed by atoms with Crippen LogP contribution in [0.15, 0.2) is 41.5 Å². The number of hydrogen-bond donors (Lipinski definition) is 2. The Balaban J connectivity index is 1.95. The first-order valence-corrected chi connectivity index (χ1v) is 8.52. The molecule has 3 N–H and O–H groups in total. The third-order valence-electron chi connectivity index (χ3n) is 4.59. The lowest BCUT2D eigenvalue weighted by Gasteiger charge is -2.31. The van der Waals surface area contributed by atoms with E-state index in [-0.39, 0.29) is 22.8 Å². The first-order valence-electron chi connectivity index (χ1n) is 8.14. The Morgan fingerprint density at radius 2 is 2.04 bits per heavy atom. The fourth-order valence-electron chi connectivity index (χ4n) is 3.21. The van der Waals surface area contributed by atoms with E-state index in [1.165, 1.54) is 31.3 Å². The number of amides is 1. The molecule has 3 rings (SSSR count). The maximum absolute atomic E-state index is 14.4. The molecule has 1 aliphatic rings. The average Bonchev–Trinajstić information content (AvgIpc) is 2.93.